The minimum Gasteiger partial charge on any atom is -0.547 e. The van der Waals surface area contributed by atoms with Crippen LogP contribution in [0, 0.1) is 5.92 Å². The van der Waals surface area contributed by atoms with Crippen LogP contribution >= 0.6 is 0 Å². The molecule has 1 N–H and O–H groups in total. The van der Waals surface area contributed by atoms with Gasteiger partial charge in [-0.05, 0) is 71.0 Å². The molecule has 1 aliphatic heterocycles. The quantitative estimate of drug-likeness (QED) is 0.635. The molecular weight excluding hydrogens is 386 g/mol. The molecule has 0 spiro atoms. The first-order valence-electron chi connectivity index (χ1n) is 10.4. The van der Waals surface area contributed by atoms with E-state index in [4.69, 9.17) is 18.6 Å². The lowest BCUT2D eigenvalue weighted by atomic mass is 9.86. The summed E-state index contributed by atoms with van der Waals surface area (Å²) in [4.78, 5) is 12.7. The van der Waals surface area contributed by atoms with E-state index in [2.05, 4.69) is 31.0 Å². The monoisotopic (exact) mass is 419 g/mol. The van der Waals surface area contributed by atoms with E-state index in [0.717, 1.165) is 25.0 Å². The van der Waals surface area contributed by atoms with Crippen molar-refractivity contribution in [2.24, 2.45) is 5.92 Å². The lowest BCUT2D eigenvalue weighted by Crippen LogP contribution is -2.44. The third-order valence-electron chi connectivity index (χ3n) is 4.91. The number of rotatable bonds is 6. The molecule has 2 aliphatic rings. The lowest BCUT2D eigenvalue weighted by Gasteiger charge is -2.36. The van der Waals surface area contributed by atoms with Crippen molar-refractivity contribution in [1.29, 1.82) is 0 Å². The molecule has 1 aliphatic carbocycles. The Morgan fingerprint density at radius 2 is 1.97 bits per heavy atom. The highest BCUT2D eigenvalue weighted by atomic mass is 28.4. The zero-order chi connectivity index (χ0) is 21.1. The summed E-state index contributed by atoms with van der Waals surface area (Å²) in [5.41, 5.74) is 0.693. The second-order valence-corrected chi connectivity index (χ2v) is 13.5. The number of amides is 1. The smallest absolute Gasteiger partial charge is 0.412 e. The zero-order valence-electron chi connectivity index (χ0n) is 18.1. The Bertz CT molecular complexity index is 728. The van der Waals surface area contributed by atoms with E-state index < -0.39 is 26.3 Å². The number of nitrogens with one attached hydrogen (secondary N) is 1. The predicted octanol–water partition coefficient (Wildman–Crippen LogP) is 5.29. The number of carbonyl (C=O) groups excluding carboxylic acids is 1. The average Bonchev–Trinajstić information content (AvgIpc) is 2.99. The molecule has 3 rings (SSSR count). The second-order valence-electron chi connectivity index (χ2n) is 9.09. The van der Waals surface area contributed by atoms with Crippen LogP contribution in [0.5, 0.6) is 0 Å². The number of anilines is 1. The predicted molar refractivity (Wildman–Crippen MR) is 115 cm³/mol. The molecule has 160 valence electrons. The first-order chi connectivity index (χ1) is 13.6. The van der Waals surface area contributed by atoms with Crippen LogP contribution < -0.4 is 5.32 Å². The topological polar surface area (TPSA) is 66.0 Å². The number of para-hydroxylation sites is 1. The normalized spacial score (nSPS) is 25.1. The standard InChI is InChI=1S/C22H33NO5Si/c1-22(2)25-15-19(27-22)20(26-21(24)23-16-11-7-6-8-12-16)17-13-9-10-14-18(17)28-29(3,4)5/h6-8,11-12,14,17,19-20H,9-10,13,15H2,1-5H3,(H,23,24)/t17-,19+,20-/m0/s1. The van der Waals surface area contributed by atoms with Gasteiger partial charge in [0.1, 0.15) is 12.2 Å². The van der Waals surface area contributed by atoms with Crippen LogP contribution in [0.4, 0.5) is 10.5 Å². The van der Waals surface area contributed by atoms with Crippen molar-refractivity contribution in [2.75, 3.05) is 11.9 Å². The lowest BCUT2D eigenvalue weighted by molar-refractivity contribution is -0.155. The van der Waals surface area contributed by atoms with Crippen molar-refractivity contribution in [2.45, 2.75) is 70.7 Å². The van der Waals surface area contributed by atoms with E-state index in [1.165, 1.54) is 0 Å². The molecule has 29 heavy (non-hydrogen) atoms. The van der Waals surface area contributed by atoms with E-state index in [9.17, 15) is 4.79 Å². The molecule has 3 atom stereocenters. The summed E-state index contributed by atoms with van der Waals surface area (Å²) in [6, 6.07) is 9.29. The molecule has 7 heteroatoms. The zero-order valence-corrected chi connectivity index (χ0v) is 19.1. The van der Waals surface area contributed by atoms with Gasteiger partial charge in [-0.25, -0.2) is 4.79 Å². The Labute approximate surface area is 174 Å². The molecule has 0 unspecified atom stereocenters. The molecule has 1 fully saturated rings. The summed E-state index contributed by atoms with van der Waals surface area (Å²) in [5, 5.41) is 2.81. The highest BCUT2D eigenvalue weighted by Crippen LogP contribution is 2.37. The van der Waals surface area contributed by atoms with Crippen LogP contribution in [0.2, 0.25) is 19.6 Å². The minimum atomic E-state index is -1.80. The van der Waals surface area contributed by atoms with Gasteiger partial charge >= 0.3 is 6.09 Å². The Hall–Kier alpha value is -1.83. The first-order valence-corrected chi connectivity index (χ1v) is 13.8. The SMILES string of the molecule is CC1(C)OC[C@H]([C@@H](OC(=O)Nc2ccccc2)[C@H]2CCCC=C2O[Si](C)(C)C)O1. The highest BCUT2D eigenvalue weighted by Gasteiger charge is 2.45. The van der Waals surface area contributed by atoms with Gasteiger partial charge in [-0.15, -0.1) is 0 Å². The van der Waals surface area contributed by atoms with Gasteiger partial charge in [0.2, 0.25) is 8.32 Å². The summed E-state index contributed by atoms with van der Waals surface area (Å²) in [6.45, 7) is 10.6. The Kier molecular flexibility index (Phi) is 6.71. The summed E-state index contributed by atoms with van der Waals surface area (Å²) in [5.74, 6) is 0.195. The fourth-order valence-corrected chi connectivity index (χ4v) is 4.70. The molecule has 0 aromatic heterocycles. The van der Waals surface area contributed by atoms with Gasteiger partial charge in [-0.3, -0.25) is 5.32 Å². The number of hydrogen-bond donors (Lipinski definition) is 1. The average molecular weight is 420 g/mol. The number of ether oxygens (including phenoxy) is 3. The third kappa shape index (κ3) is 6.32. The molecular formula is C22H33NO5Si. The Balaban J connectivity index is 1.79. The maximum atomic E-state index is 12.7. The minimum absolute atomic E-state index is 0.0421. The van der Waals surface area contributed by atoms with E-state index in [1.807, 2.05) is 44.2 Å². The summed E-state index contributed by atoms with van der Waals surface area (Å²) in [6.07, 6.45) is 3.73. The van der Waals surface area contributed by atoms with Gasteiger partial charge in [-0.1, -0.05) is 18.2 Å². The molecule has 1 aromatic rings. The van der Waals surface area contributed by atoms with Crippen LogP contribution in [0.15, 0.2) is 42.2 Å². The van der Waals surface area contributed by atoms with E-state index in [0.29, 0.717) is 12.3 Å². The van der Waals surface area contributed by atoms with Gasteiger partial charge < -0.3 is 18.6 Å². The third-order valence-corrected chi connectivity index (χ3v) is 5.76. The number of benzene rings is 1. The van der Waals surface area contributed by atoms with Crippen LogP contribution in [-0.2, 0) is 18.6 Å². The summed E-state index contributed by atoms with van der Waals surface area (Å²) >= 11 is 0. The van der Waals surface area contributed by atoms with Gasteiger partial charge in [0.25, 0.3) is 0 Å². The molecule has 1 amide bonds. The number of allylic oxidation sites excluding steroid dienone is 1. The Morgan fingerprint density at radius 3 is 2.59 bits per heavy atom. The van der Waals surface area contributed by atoms with Crippen LogP contribution in [-0.4, -0.2) is 39.0 Å². The van der Waals surface area contributed by atoms with Crippen molar-refractivity contribution in [1.82, 2.24) is 0 Å². The largest absolute Gasteiger partial charge is 0.547 e. The summed E-state index contributed by atoms with van der Waals surface area (Å²) in [7, 11) is -1.80. The molecule has 1 aromatic carbocycles. The first kappa shape index (κ1) is 21.9. The summed E-state index contributed by atoms with van der Waals surface area (Å²) < 4.78 is 24.2. The van der Waals surface area contributed by atoms with Gasteiger partial charge in [0, 0.05) is 5.69 Å². The van der Waals surface area contributed by atoms with Gasteiger partial charge in [-0.2, -0.15) is 0 Å². The fourth-order valence-electron chi connectivity index (χ4n) is 3.76. The van der Waals surface area contributed by atoms with Crippen LogP contribution in [0.25, 0.3) is 0 Å². The maximum absolute atomic E-state index is 12.7. The van der Waals surface area contributed by atoms with Crippen molar-refractivity contribution in [3.63, 3.8) is 0 Å². The van der Waals surface area contributed by atoms with E-state index >= 15 is 0 Å². The van der Waals surface area contributed by atoms with Crippen LogP contribution in [0.3, 0.4) is 0 Å². The molecule has 0 bridgehead atoms. The Morgan fingerprint density at radius 1 is 1.24 bits per heavy atom. The number of hydrogen-bond acceptors (Lipinski definition) is 5. The fraction of sp³-hybridized carbons (Fsp3) is 0.591. The molecule has 1 saturated heterocycles. The van der Waals surface area contributed by atoms with Crippen molar-refractivity contribution in [3.05, 3.63) is 42.2 Å². The molecule has 1 heterocycles. The van der Waals surface area contributed by atoms with Gasteiger partial charge in [0.15, 0.2) is 5.79 Å². The number of carbonyl (C=O) groups is 1. The van der Waals surface area contributed by atoms with Crippen LogP contribution in [0.1, 0.15) is 33.1 Å². The second kappa shape index (κ2) is 8.89. The van der Waals surface area contributed by atoms with Gasteiger partial charge in [0.05, 0.1) is 18.3 Å². The molecule has 0 radical (unpaired) electrons. The van der Waals surface area contributed by atoms with E-state index in [-0.39, 0.29) is 12.0 Å². The molecule has 0 saturated carbocycles. The van der Waals surface area contributed by atoms with Crippen molar-refractivity contribution in [3.8, 4) is 0 Å². The molecule has 6 nitrogen and oxygen atoms in total. The van der Waals surface area contributed by atoms with Crippen molar-refractivity contribution < 1.29 is 23.4 Å². The van der Waals surface area contributed by atoms with Crippen molar-refractivity contribution >= 4 is 20.1 Å². The highest BCUT2D eigenvalue weighted by molar-refractivity contribution is 6.70. The maximum Gasteiger partial charge on any atom is 0.412 e. The van der Waals surface area contributed by atoms with E-state index in [1.54, 1.807) is 0 Å².